The van der Waals surface area contributed by atoms with Crippen LogP contribution in [0.2, 0.25) is 0 Å². The fourth-order valence-corrected chi connectivity index (χ4v) is 1.52. The van der Waals surface area contributed by atoms with Crippen molar-refractivity contribution >= 4 is 11.4 Å². The molecule has 6 nitrogen and oxygen atoms in total. The molecule has 0 radical (unpaired) electrons. The van der Waals surface area contributed by atoms with Crippen LogP contribution < -0.4 is 10.1 Å². The average molecular weight is 254 g/mol. The third-order valence-electron chi connectivity index (χ3n) is 2.37. The number of hydrogen-bond acceptors (Lipinski definition) is 5. The van der Waals surface area contributed by atoms with Gasteiger partial charge >= 0.3 is 0 Å². The van der Waals surface area contributed by atoms with Crippen molar-refractivity contribution in [3.8, 4) is 5.75 Å². The molecule has 0 aliphatic heterocycles. The second-order valence-electron chi connectivity index (χ2n) is 3.85. The zero-order valence-corrected chi connectivity index (χ0v) is 10.8. The number of anilines is 1. The first-order valence-corrected chi connectivity index (χ1v) is 5.75. The fourth-order valence-electron chi connectivity index (χ4n) is 1.52. The Kier molecular flexibility index (Phi) is 5.38. The minimum Gasteiger partial charge on any atom is -0.495 e. The largest absolute Gasteiger partial charge is 0.495 e. The van der Waals surface area contributed by atoms with Crippen LogP contribution in [0.15, 0.2) is 18.2 Å². The Bertz CT molecular complexity index is 409. The van der Waals surface area contributed by atoms with E-state index in [0.29, 0.717) is 24.7 Å². The van der Waals surface area contributed by atoms with Crippen LogP contribution in [0.1, 0.15) is 13.8 Å². The van der Waals surface area contributed by atoms with Gasteiger partial charge in [0, 0.05) is 24.8 Å². The molecule has 1 N–H and O–H groups in total. The molecular weight excluding hydrogens is 236 g/mol. The van der Waals surface area contributed by atoms with Gasteiger partial charge < -0.3 is 14.8 Å². The number of hydrogen-bond donors (Lipinski definition) is 1. The third kappa shape index (κ3) is 3.89. The van der Waals surface area contributed by atoms with E-state index in [9.17, 15) is 10.1 Å². The monoisotopic (exact) mass is 254 g/mol. The van der Waals surface area contributed by atoms with Crippen molar-refractivity contribution in [3.63, 3.8) is 0 Å². The summed E-state index contributed by atoms with van der Waals surface area (Å²) in [7, 11) is 1.53. The van der Waals surface area contributed by atoms with Gasteiger partial charge in [0.25, 0.3) is 5.69 Å². The number of nitro benzene ring substituents is 1. The fraction of sp³-hybridized carbons (Fsp3) is 0.500. The molecule has 0 aromatic heterocycles. The summed E-state index contributed by atoms with van der Waals surface area (Å²) >= 11 is 0. The van der Waals surface area contributed by atoms with Gasteiger partial charge in [-0.1, -0.05) is 0 Å². The second-order valence-corrected chi connectivity index (χ2v) is 3.85. The van der Waals surface area contributed by atoms with Crippen molar-refractivity contribution in [1.29, 1.82) is 0 Å². The van der Waals surface area contributed by atoms with Crippen molar-refractivity contribution in [2.75, 3.05) is 25.6 Å². The Labute approximate surface area is 106 Å². The Hall–Kier alpha value is -1.82. The first-order chi connectivity index (χ1) is 8.58. The number of methoxy groups -OCH3 is 1. The van der Waals surface area contributed by atoms with Crippen molar-refractivity contribution in [1.82, 2.24) is 0 Å². The molecule has 1 atom stereocenters. The van der Waals surface area contributed by atoms with E-state index in [1.165, 1.54) is 19.2 Å². The van der Waals surface area contributed by atoms with Crippen molar-refractivity contribution in [3.05, 3.63) is 28.3 Å². The average Bonchev–Trinajstić information content (AvgIpc) is 2.36. The van der Waals surface area contributed by atoms with Gasteiger partial charge in [-0.2, -0.15) is 0 Å². The highest BCUT2D eigenvalue weighted by atomic mass is 16.6. The standard InChI is InChI=1S/C12H18N2O4/c1-4-18-8-9(2)13-11-7-10(14(15)16)5-6-12(11)17-3/h5-7,9,13H,4,8H2,1-3H3. The van der Waals surface area contributed by atoms with E-state index in [-0.39, 0.29) is 11.7 Å². The van der Waals surface area contributed by atoms with Gasteiger partial charge in [-0.3, -0.25) is 10.1 Å². The summed E-state index contributed by atoms with van der Waals surface area (Å²) in [5.41, 5.74) is 0.626. The number of nitrogens with zero attached hydrogens (tertiary/aromatic N) is 1. The van der Waals surface area contributed by atoms with Crippen LogP contribution in [0, 0.1) is 10.1 Å². The molecule has 1 unspecified atom stereocenters. The molecule has 1 rings (SSSR count). The lowest BCUT2D eigenvalue weighted by Crippen LogP contribution is -2.22. The summed E-state index contributed by atoms with van der Waals surface area (Å²) in [6.07, 6.45) is 0. The molecular formula is C12H18N2O4. The predicted octanol–water partition coefficient (Wildman–Crippen LogP) is 2.44. The number of benzene rings is 1. The molecule has 0 saturated heterocycles. The summed E-state index contributed by atoms with van der Waals surface area (Å²) in [4.78, 5) is 10.3. The summed E-state index contributed by atoms with van der Waals surface area (Å²) in [6.45, 7) is 5.02. The maximum Gasteiger partial charge on any atom is 0.271 e. The van der Waals surface area contributed by atoms with Crippen LogP contribution in [0.25, 0.3) is 0 Å². The third-order valence-corrected chi connectivity index (χ3v) is 2.37. The summed E-state index contributed by atoms with van der Waals surface area (Å²) in [6, 6.07) is 4.49. The molecule has 0 aliphatic carbocycles. The maximum absolute atomic E-state index is 10.7. The van der Waals surface area contributed by atoms with E-state index in [4.69, 9.17) is 9.47 Å². The summed E-state index contributed by atoms with van der Waals surface area (Å²) in [5, 5.41) is 13.9. The van der Waals surface area contributed by atoms with E-state index in [1.807, 2.05) is 13.8 Å². The predicted molar refractivity (Wildman–Crippen MR) is 69.2 cm³/mol. The van der Waals surface area contributed by atoms with E-state index >= 15 is 0 Å². The Balaban J connectivity index is 2.84. The molecule has 0 saturated carbocycles. The van der Waals surface area contributed by atoms with Crippen LogP contribution in [0.3, 0.4) is 0 Å². The second kappa shape index (κ2) is 6.80. The molecule has 0 spiro atoms. The van der Waals surface area contributed by atoms with E-state index < -0.39 is 4.92 Å². The quantitative estimate of drug-likeness (QED) is 0.597. The first-order valence-electron chi connectivity index (χ1n) is 5.75. The van der Waals surface area contributed by atoms with Gasteiger partial charge in [0.15, 0.2) is 0 Å². The molecule has 18 heavy (non-hydrogen) atoms. The molecule has 0 fully saturated rings. The number of nitrogens with one attached hydrogen (secondary N) is 1. The zero-order valence-electron chi connectivity index (χ0n) is 10.8. The van der Waals surface area contributed by atoms with Gasteiger partial charge in [0.05, 0.1) is 24.3 Å². The Morgan fingerprint density at radius 1 is 1.50 bits per heavy atom. The minimum absolute atomic E-state index is 0.0295. The first kappa shape index (κ1) is 14.2. The van der Waals surface area contributed by atoms with Crippen LogP contribution in [-0.4, -0.2) is 31.3 Å². The van der Waals surface area contributed by atoms with Gasteiger partial charge in [-0.15, -0.1) is 0 Å². The highest BCUT2D eigenvalue weighted by Crippen LogP contribution is 2.29. The van der Waals surface area contributed by atoms with Crippen LogP contribution >= 0.6 is 0 Å². The zero-order chi connectivity index (χ0) is 13.5. The number of nitro groups is 1. The smallest absolute Gasteiger partial charge is 0.271 e. The molecule has 0 aliphatic rings. The molecule has 6 heteroatoms. The Morgan fingerprint density at radius 3 is 2.78 bits per heavy atom. The van der Waals surface area contributed by atoms with Crippen LogP contribution in [0.5, 0.6) is 5.75 Å². The van der Waals surface area contributed by atoms with Crippen LogP contribution in [-0.2, 0) is 4.74 Å². The number of non-ortho nitro benzene ring substituents is 1. The van der Waals surface area contributed by atoms with Gasteiger partial charge in [-0.25, -0.2) is 0 Å². The molecule has 0 heterocycles. The Morgan fingerprint density at radius 2 is 2.22 bits per heavy atom. The molecule has 1 aromatic carbocycles. The molecule has 0 amide bonds. The lowest BCUT2D eigenvalue weighted by molar-refractivity contribution is -0.384. The molecule has 0 bridgehead atoms. The van der Waals surface area contributed by atoms with Gasteiger partial charge in [-0.05, 0) is 19.9 Å². The lowest BCUT2D eigenvalue weighted by atomic mass is 10.2. The summed E-state index contributed by atoms with van der Waals surface area (Å²) in [5.74, 6) is 0.573. The maximum atomic E-state index is 10.7. The van der Waals surface area contributed by atoms with Crippen molar-refractivity contribution in [2.24, 2.45) is 0 Å². The van der Waals surface area contributed by atoms with E-state index in [0.717, 1.165) is 0 Å². The van der Waals surface area contributed by atoms with Crippen molar-refractivity contribution in [2.45, 2.75) is 19.9 Å². The highest BCUT2D eigenvalue weighted by Gasteiger charge is 2.13. The molecule has 1 aromatic rings. The number of rotatable bonds is 7. The van der Waals surface area contributed by atoms with E-state index in [2.05, 4.69) is 5.32 Å². The van der Waals surface area contributed by atoms with Gasteiger partial charge in [0.1, 0.15) is 5.75 Å². The summed E-state index contributed by atoms with van der Waals surface area (Å²) < 4.78 is 10.4. The normalized spacial score (nSPS) is 11.9. The molecule has 100 valence electrons. The topological polar surface area (TPSA) is 73.6 Å². The highest BCUT2D eigenvalue weighted by molar-refractivity contribution is 5.61. The SMILES string of the molecule is CCOCC(C)Nc1cc([N+](=O)[O-])ccc1OC. The minimum atomic E-state index is -0.433. The number of ether oxygens (including phenoxy) is 2. The lowest BCUT2D eigenvalue weighted by Gasteiger charge is -2.17. The van der Waals surface area contributed by atoms with E-state index in [1.54, 1.807) is 6.07 Å². The van der Waals surface area contributed by atoms with Crippen molar-refractivity contribution < 1.29 is 14.4 Å². The van der Waals surface area contributed by atoms with Gasteiger partial charge in [0.2, 0.25) is 0 Å². The van der Waals surface area contributed by atoms with Crippen LogP contribution in [0.4, 0.5) is 11.4 Å².